The predicted octanol–water partition coefficient (Wildman–Crippen LogP) is 3.56. The van der Waals surface area contributed by atoms with Crippen molar-refractivity contribution in [1.82, 2.24) is 26.2 Å². The van der Waals surface area contributed by atoms with Gasteiger partial charge in [0.15, 0.2) is 6.10 Å². The van der Waals surface area contributed by atoms with Crippen LogP contribution in [0.5, 0.6) is 0 Å². The Labute approximate surface area is 266 Å². The van der Waals surface area contributed by atoms with Crippen molar-refractivity contribution in [1.29, 1.82) is 0 Å². The monoisotopic (exact) mass is 632 g/mol. The van der Waals surface area contributed by atoms with Crippen LogP contribution in [0.4, 0.5) is 5.82 Å². The molecule has 45 heavy (non-hydrogen) atoms. The lowest BCUT2D eigenvalue weighted by Gasteiger charge is -2.35. The van der Waals surface area contributed by atoms with E-state index in [1.54, 1.807) is 70.3 Å². The van der Waals surface area contributed by atoms with Crippen molar-refractivity contribution in [2.24, 2.45) is 5.41 Å². The standard InChI is InChI=1S/C33H37ClN6O5/c1-20-31(43)40-17-7-10-25(37-40)29(41)38-39(4)28-14-13-22-12-11-21(18-26(22)36-28)15-16-33(2,3)32(44)45-27(30(42)35-20)19-23-8-5-6-9-24(23)34/h5-6,8-9,11-16,18,20,25,27,37H,7,10,17,19H2,1-4H3,(H,35,42)(H,38,41)/b16-15+/t20-,25-,27-/m0/s1. The Balaban J connectivity index is 1.50. The molecule has 3 amide bonds. The first-order valence-electron chi connectivity index (χ1n) is 14.9. The van der Waals surface area contributed by atoms with Gasteiger partial charge in [0, 0.05) is 30.4 Å². The first-order chi connectivity index (χ1) is 21.4. The largest absolute Gasteiger partial charge is 0.451 e. The Morgan fingerprint density at radius 2 is 1.80 bits per heavy atom. The van der Waals surface area contributed by atoms with E-state index in [0.29, 0.717) is 41.3 Å². The minimum Gasteiger partial charge on any atom is -0.451 e. The maximum absolute atomic E-state index is 13.6. The van der Waals surface area contributed by atoms with E-state index in [9.17, 15) is 19.2 Å². The molecule has 0 spiro atoms. The molecular formula is C33H37ClN6O5. The van der Waals surface area contributed by atoms with Crippen molar-refractivity contribution >= 4 is 58.1 Å². The lowest BCUT2D eigenvalue weighted by molar-refractivity contribution is -0.162. The highest BCUT2D eigenvalue weighted by Gasteiger charge is 2.35. The number of anilines is 1. The molecule has 12 heteroatoms. The Bertz CT molecular complexity index is 1660. The van der Waals surface area contributed by atoms with E-state index in [4.69, 9.17) is 21.3 Å². The zero-order valence-electron chi connectivity index (χ0n) is 25.7. The second-order valence-electron chi connectivity index (χ2n) is 11.9. The molecule has 1 aromatic heterocycles. The highest BCUT2D eigenvalue weighted by atomic mass is 35.5. The SMILES string of the molecule is C[C@@H]1NC(=O)[C@H](Cc2ccccc2Cl)OC(=O)C(C)(C)/C=C/c2ccc3ccc(nc3c2)N(C)NC(=O)[C@@H]2CCCN(N2)C1=O. The predicted molar refractivity (Wildman–Crippen MR) is 172 cm³/mol. The van der Waals surface area contributed by atoms with Crippen LogP contribution >= 0.6 is 11.6 Å². The van der Waals surface area contributed by atoms with E-state index in [2.05, 4.69) is 16.2 Å². The summed E-state index contributed by atoms with van der Waals surface area (Å²) in [4.78, 5) is 58.4. The number of ether oxygens (including phenoxy) is 1. The summed E-state index contributed by atoms with van der Waals surface area (Å²) >= 11 is 6.39. The number of carbonyl (C=O) groups excluding carboxylic acids is 4. The van der Waals surface area contributed by atoms with Gasteiger partial charge in [-0.2, -0.15) is 0 Å². The van der Waals surface area contributed by atoms with Gasteiger partial charge in [-0.05, 0) is 69.0 Å². The number of hydrogen-bond acceptors (Lipinski definition) is 8. The quantitative estimate of drug-likeness (QED) is 0.366. The van der Waals surface area contributed by atoms with Gasteiger partial charge in [-0.25, -0.2) is 10.4 Å². The maximum atomic E-state index is 13.6. The Morgan fingerprint density at radius 3 is 2.58 bits per heavy atom. The van der Waals surface area contributed by atoms with Crippen molar-refractivity contribution in [3.05, 3.63) is 76.8 Å². The lowest BCUT2D eigenvalue weighted by atomic mass is 9.92. The fraction of sp³-hybridized carbons (Fsp3) is 0.364. The highest BCUT2D eigenvalue weighted by Crippen LogP contribution is 2.26. The van der Waals surface area contributed by atoms with Gasteiger partial charge in [-0.3, -0.25) is 34.6 Å². The molecule has 5 bridgehead atoms. The van der Waals surface area contributed by atoms with Crippen LogP contribution in [0.25, 0.3) is 17.0 Å². The minimum atomic E-state index is -1.26. The van der Waals surface area contributed by atoms with E-state index < -0.39 is 41.4 Å². The summed E-state index contributed by atoms with van der Waals surface area (Å²) in [6, 6.07) is 14.8. The molecule has 11 nitrogen and oxygen atoms in total. The topological polar surface area (TPSA) is 133 Å². The molecule has 3 N–H and O–H groups in total. The summed E-state index contributed by atoms with van der Waals surface area (Å²) in [6.07, 6.45) is 3.34. The third kappa shape index (κ3) is 7.43. The number of amides is 3. The van der Waals surface area contributed by atoms with Gasteiger partial charge in [0.05, 0.1) is 10.9 Å². The maximum Gasteiger partial charge on any atom is 0.316 e. The van der Waals surface area contributed by atoms with E-state index >= 15 is 0 Å². The number of rotatable bonds is 2. The van der Waals surface area contributed by atoms with Crippen LogP contribution < -0.4 is 21.2 Å². The fourth-order valence-electron chi connectivity index (χ4n) is 5.16. The number of carbonyl (C=O) groups is 4. The number of aromatic nitrogens is 1. The average molecular weight is 633 g/mol. The summed E-state index contributed by atoms with van der Waals surface area (Å²) < 4.78 is 5.83. The van der Waals surface area contributed by atoms with Crippen LogP contribution in [0.15, 0.2) is 60.7 Å². The zero-order valence-corrected chi connectivity index (χ0v) is 26.4. The van der Waals surface area contributed by atoms with E-state index in [1.807, 2.05) is 24.3 Å². The van der Waals surface area contributed by atoms with Crippen LogP contribution in [0.3, 0.4) is 0 Å². The molecule has 1 saturated heterocycles. The molecule has 5 rings (SSSR count). The minimum absolute atomic E-state index is 0.00829. The van der Waals surface area contributed by atoms with Crippen molar-refractivity contribution in [2.75, 3.05) is 18.6 Å². The molecule has 0 radical (unpaired) electrons. The zero-order chi connectivity index (χ0) is 32.3. The molecule has 2 aliphatic rings. The van der Waals surface area contributed by atoms with Gasteiger partial charge >= 0.3 is 5.97 Å². The normalized spacial score (nSPS) is 23.7. The number of cyclic esters (lactones) is 1. The molecule has 0 unspecified atom stereocenters. The molecule has 3 aromatic rings. The number of hydrazine groups is 2. The number of halogens is 1. The summed E-state index contributed by atoms with van der Waals surface area (Å²) in [5.41, 5.74) is 6.85. The molecule has 236 valence electrons. The first kappa shape index (κ1) is 31.9. The molecule has 2 aliphatic heterocycles. The van der Waals surface area contributed by atoms with Crippen molar-refractivity contribution in [3.63, 3.8) is 0 Å². The number of benzene rings is 2. The second kappa shape index (κ2) is 13.3. The Hall–Kier alpha value is -4.48. The molecule has 3 atom stereocenters. The molecular weight excluding hydrogens is 596 g/mol. The smallest absolute Gasteiger partial charge is 0.316 e. The Kier molecular flexibility index (Phi) is 9.40. The summed E-state index contributed by atoms with van der Waals surface area (Å²) in [5, 5.41) is 6.91. The van der Waals surface area contributed by atoms with E-state index in [0.717, 1.165) is 10.9 Å². The number of nitrogens with zero attached hydrogens (tertiary/aromatic N) is 3. The van der Waals surface area contributed by atoms with Gasteiger partial charge in [-0.15, -0.1) is 0 Å². The number of nitrogens with one attached hydrogen (secondary N) is 3. The summed E-state index contributed by atoms with van der Waals surface area (Å²) in [5.74, 6) is -1.50. The van der Waals surface area contributed by atoms with Crippen molar-refractivity contribution < 1.29 is 23.9 Å². The first-order valence-corrected chi connectivity index (χ1v) is 15.3. The molecule has 1 fully saturated rings. The molecule has 0 saturated carbocycles. The summed E-state index contributed by atoms with van der Waals surface area (Å²) in [6.45, 7) is 5.30. The Morgan fingerprint density at radius 1 is 1.04 bits per heavy atom. The number of fused-ring (bicyclic) bond motifs is 4. The van der Waals surface area contributed by atoms with Crippen molar-refractivity contribution in [2.45, 2.75) is 58.2 Å². The van der Waals surface area contributed by atoms with Gasteiger partial charge in [-0.1, -0.05) is 54.1 Å². The number of pyridine rings is 1. The van der Waals surface area contributed by atoms with Gasteiger partial charge in [0.1, 0.15) is 17.9 Å². The molecule has 3 heterocycles. The third-order valence-corrected chi connectivity index (χ3v) is 8.31. The van der Waals surface area contributed by atoms with Gasteiger partial charge in [0.25, 0.3) is 17.7 Å². The average Bonchev–Trinajstić information content (AvgIpc) is 3.03. The lowest BCUT2D eigenvalue weighted by Crippen LogP contribution is -2.62. The van der Waals surface area contributed by atoms with Crippen LogP contribution in [-0.4, -0.2) is 65.5 Å². The van der Waals surface area contributed by atoms with Crippen LogP contribution in [0, 0.1) is 5.41 Å². The number of esters is 1. The molecule has 2 aromatic carbocycles. The van der Waals surface area contributed by atoms with Crippen LogP contribution in [-0.2, 0) is 30.3 Å². The van der Waals surface area contributed by atoms with Crippen LogP contribution in [0.2, 0.25) is 5.02 Å². The summed E-state index contributed by atoms with van der Waals surface area (Å²) in [7, 11) is 1.70. The van der Waals surface area contributed by atoms with Crippen LogP contribution in [0.1, 0.15) is 44.7 Å². The second-order valence-corrected chi connectivity index (χ2v) is 12.4. The van der Waals surface area contributed by atoms with E-state index in [-0.39, 0.29) is 12.3 Å². The third-order valence-electron chi connectivity index (χ3n) is 7.94. The fourth-order valence-corrected chi connectivity index (χ4v) is 5.37. The van der Waals surface area contributed by atoms with Gasteiger partial charge in [0.2, 0.25) is 0 Å². The van der Waals surface area contributed by atoms with Gasteiger partial charge < -0.3 is 10.1 Å². The highest BCUT2D eigenvalue weighted by molar-refractivity contribution is 6.31. The van der Waals surface area contributed by atoms with E-state index in [1.165, 1.54) is 10.0 Å². The number of hydrogen-bond donors (Lipinski definition) is 3. The van der Waals surface area contributed by atoms with Crippen molar-refractivity contribution in [3.8, 4) is 0 Å². The molecule has 0 aliphatic carbocycles.